The molecule has 2 aromatic rings. The summed E-state index contributed by atoms with van der Waals surface area (Å²) in [6.45, 7) is 1.85. The van der Waals surface area contributed by atoms with Crippen molar-refractivity contribution in [3.05, 3.63) is 30.5 Å². The molecule has 1 aromatic heterocycles. The summed E-state index contributed by atoms with van der Waals surface area (Å²) in [5.74, 6) is -1.00. The van der Waals surface area contributed by atoms with Gasteiger partial charge in [0.05, 0.1) is 5.97 Å². The van der Waals surface area contributed by atoms with Crippen LogP contribution in [0.3, 0.4) is 0 Å². The van der Waals surface area contributed by atoms with Crippen LogP contribution in [0.2, 0.25) is 0 Å². The maximum Gasteiger partial charge on any atom is 0.0548 e. The molecule has 3 nitrogen and oxygen atoms in total. The molecule has 1 atom stereocenters. The van der Waals surface area contributed by atoms with Gasteiger partial charge in [-0.2, -0.15) is 0 Å². The molecule has 16 heavy (non-hydrogen) atoms. The first-order chi connectivity index (χ1) is 7.72. The summed E-state index contributed by atoms with van der Waals surface area (Å²) in [4.78, 5) is 14.9. The van der Waals surface area contributed by atoms with Crippen molar-refractivity contribution < 1.29 is 9.90 Å². The number of hydrogen-bond acceptors (Lipinski definition) is 3. The lowest BCUT2D eigenvalue weighted by Crippen LogP contribution is -2.32. The van der Waals surface area contributed by atoms with Crippen molar-refractivity contribution in [1.82, 2.24) is 4.98 Å². The van der Waals surface area contributed by atoms with E-state index in [9.17, 15) is 9.90 Å². The van der Waals surface area contributed by atoms with Gasteiger partial charge in [0.2, 0.25) is 0 Å². The van der Waals surface area contributed by atoms with Crippen molar-refractivity contribution in [2.24, 2.45) is 0 Å². The van der Waals surface area contributed by atoms with Gasteiger partial charge < -0.3 is 14.9 Å². The highest BCUT2D eigenvalue weighted by Gasteiger charge is 2.12. The molecule has 4 heteroatoms. The number of aromatic nitrogens is 1. The molecule has 0 saturated carbocycles. The highest BCUT2D eigenvalue weighted by atomic mass is 32.2. The molecular formula is C12H12NO2S-. The second kappa shape index (κ2) is 4.61. The molecule has 0 spiro atoms. The van der Waals surface area contributed by atoms with Crippen molar-refractivity contribution in [3.63, 3.8) is 0 Å². The van der Waals surface area contributed by atoms with Crippen LogP contribution < -0.4 is 5.11 Å². The second-order valence-electron chi connectivity index (χ2n) is 3.53. The van der Waals surface area contributed by atoms with Crippen LogP contribution in [0.15, 0.2) is 35.4 Å². The Morgan fingerprint density at radius 1 is 1.50 bits per heavy atom. The van der Waals surface area contributed by atoms with Gasteiger partial charge in [0.15, 0.2) is 0 Å². The summed E-state index contributed by atoms with van der Waals surface area (Å²) >= 11 is 1.34. The lowest BCUT2D eigenvalue weighted by molar-refractivity contribution is -0.304. The van der Waals surface area contributed by atoms with Crippen LogP contribution in [0.25, 0.3) is 10.9 Å². The molecular weight excluding hydrogens is 222 g/mol. The number of carbonyl (C=O) groups is 1. The zero-order valence-corrected chi connectivity index (χ0v) is 9.71. The maximum absolute atomic E-state index is 10.9. The monoisotopic (exact) mass is 234 g/mol. The fraction of sp³-hybridized carbons (Fsp3) is 0.250. The van der Waals surface area contributed by atoms with Crippen molar-refractivity contribution in [1.29, 1.82) is 0 Å². The second-order valence-corrected chi connectivity index (χ2v) is 4.78. The Hall–Kier alpha value is -1.42. The first-order valence-corrected chi connectivity index (χ1v) is 6.04. The van der Waals surface area contributed by atoms with Gasteiger partial charge in [-0.15, -0.1) is 11.8 Å². The van der Waals surface area contributed by atoms with Crippen LogP contribution in [0.1, 0.15) is 13.3 Å². The highest BCUT2D eigenvalue weighted by Crippen LogP contribution is 2.31. The molecule has 0 unspecified atom stereocenters. The lowest BCUT2D eigenvalue weighted by Gasteiger charge is -2.14. The molecule has 2 rings (SSSR count). The third-order valence-electron chi connectivity index (χ3n) is 2.45. The summed E-state index contributed by atoms with van der Waals surface area (Å²) in [5.41, 5.74) is 1.03. The predicted octanol–water partition coefficient (Wildman–Crippen LogP) is 1.79. The molecule has 84 valence electrons. The first-order valence-electron chi connectivity index (χ1n) is 5.16. The number of H-pyrrole nitrogens is 1. The van der Waals surface area contributed by atoms with Gasteiger partial charge in [0.1, 0.15) is 0 Å². The van der Waals surface area contributed by atoms with Crippen LogP contribution in [0, 0.1) is 0 Å². The Morgan fingerprint density at radius 2 is 2.25 bits per heavy atom. The van der Waals surface area contributed by atoms with Crippen molar-refractivity contribution in [2.75, 3.05) is 0 Å². The summed E-state index contributed by atoms with van der Waals surface area (Å²) < 4.78 is 0. The van der Waals surface area contributed by atoms with Gasteiger partial charge in [0.25, 0.3) is 0 Å². The molecule has 0 bridgehead atoms. The molecule has 1 aromatic carbocycles. The number of para-hydroxylation sites is 1. The maximum atomic E-state index is 10.9. The Bertz CT molecular complexity index is 506. The van der Waals surface area contributed by atoms with Gasteiger partial charge in [-0.25, -0.2) is 0 Å². The van der Waals surface area contributed by atoms with Gasteiger partial charge in [-0.1, -0.05) is 25.1 Å². The number of benzene rings is 1. The number of aromatic amines is 1. The predicted molar refractivity (Wildman–Crippen MR) is 63.2 cm³/mol. The van der Waals surface area contributed by atoms with Gasteiger partial charge >= 0.3 is 0 Å². The number of carboxylic acid groups (broad SMARTS) is 1. The van der Waals surface area contributed by atoms with Crippen LogP contribution in [0.4, 0.5) is 0 Å². The number of fused-ring (bicyclic) bond motifs is 1. The highest BCUT2D eigenvalue weighted by molar-refractivity contribution is 8.00. The fourth-order valence-electron chi connectivity index (χ4n) is 1.59. The number of carbonyl (C=O) groups excluding carboxylic acids is 1. The standard InChI is InChI=1S/C12H13NO2S/c1-2-10(12(14)15)16-11-7-13-9-6-4-3-5-8(9)11/h3-7,10,13H,2H2,1H3,(H,14,15)/p-1/t10-/m1/s1. The van der Waals surface area contributed by atoms with Gasteiger partial charge in [-0.3, -0.25) is 0 Å². The average Bonchev–Trinajstić information content (AvgIpc) is 2.69. The van der Waals surface area contributed by atoms with Crippen LogP contribution in [-0.4, -0.2) is 16.2 Å². The smallest absolute Gasteiger partial charge is 0.0548 e. The van der Waals surface area contributed by atoms with E-state index >= 15 is 0 Å². The van der Waals surface area contributed by atoms with E-state index in [0.29, 0.717) is 6.42 Å². The van der Waals surface area contributed by atoms with Crippen molar-refractivity contribution >= 4 is 28.6 Å². The molecule has 0 fully saturated rings. The van der Waals surface area contributed by atoms with E-state index < -0.39 is 11.2 Å². The number of carboxylic acids is 1. The molecule has 0 aliphatic rings. The third-order valence-corrected chi connectivity index (χ3v) is 3.86. The number of nitrogens with one attached hydrogen (secondary N) is 1. The summed E-state index contributed by atoms with van der Waals surface area (Å²) in [6.07, 6.45) is 2.41. The Morgan fingerprint density at radius 3 is 2.94 bits per heavy atom. The summed E-state index contributed by atoms with van der Waals surface area (Å²) in [6, 6.07) is 7.85. The molecule has 1 heterocycles. The van der Waals surface area contributed by atoms with Crippen LogP contribution in [-0.2, 0) is 4.79 Å². The molecule has 0 radical (unpaired) electrons. The SMILES string of the molecule is CC[C@@H](Sc1c[nH]c2ccccc12)C(=O)[O-]. The van der Waals surface area contributed by atoms with Crippen molar-refractivity contribution in [2.45, 2.75) is 23.5 Å². The largest absolute Gasteiger partial charge is 0.549 e. The Labute approximate surface area is 97.9 Å². The Kier molecular flexibility index (Phi) is 3.19. The van der Waals surface area contributed by atoms with Gasteiger partial charge in [0, 0.05) is 27.2 Å². The quantitative estimate of drug-likeness (QED) is 0.820. The number of aliphatic carboxylic acids is 1. The van der Waals surface area contributed by atoms with Crippen LogP contribution >= 0.6 is 11.8 Å². The minimum Gasteiger partial charge on any atom is -0.549 e. The van der Waals surface area contributed by atoms with E-state index in [1.54, 1.807) is 0 Å². The van der Waals surface area contributed by atoms with E-state index in [-0.39, 0.29) is 0 Å². The average molecular weight is 234 g/mol. The number of thioether (sulfide) groups is 1. The zero-order valence-electron chi connectivity index (χ0n) is 8.90. The zero-order chi connectivity index (χ0) is 11.5. The van der Waals surface area contributed by atoms with Crippen molar-refractivity contribution in [3.8, 4) is 0 Å². The molecule has 0 saturated heterocycles. The summed E-state index contributed by atoms with van der Waals surface area (Å²) in [5, 5.41) is 11.4. The topological polar surface area (TPSA) is 55.9 Å². The van der Waals surface area contributed by atoms with E-state index in [1.165, 1.54) is 11.8 Å². The number of hydrogen-bond donors (Lipinski definition) is 1. The molecule has 1 N–H and O–H groups in total. The minimum absolute atomic E-state index is 0.487. The third kappa shape index (κ3) is 2.07. The summed E-state index contributed by atoms with van der Waals surface area (Å²) in [7, 11) is 0. The van der Waals surface area contributed by atoms with E-state index in [0.717, 1.165) is 15.8 Å². The first kappa shape index (κ1) is 11.1. The van der Waals surface area contributed by atoms with E-state index in [2.05, 4.69) is 4.98 Å². The van der Waals surface area contributed by atoms with E-state index in [1.807, 2.05) is 37.4 Å². The molecule has 0 aliphatic heterocycles. The minimum atomic E-state index is -1.00. The number of rotatable bonds is 4. The molecule has 0 amide bonds. The van der Waals surface area contributed by atoms with E-state index in [4.69, 9.17) is 0 Å². The molecule has 0 aliphatic carbocycles. The van der Waals surface area contributed by atoms with Gasteiger partial charge in [-0.05, 0) is 12.5 Å². The Balaban J connectivity index is 2.30. The normalized spacial score (nSPS) is 12.8. The van der Waals surface area contributed by atoms with Crippen LogP contribution in [0.5, 0.6) is 0 Å². The lowest BCUT2D eigenvalue weighted by atomic mass is 10.2. The fourth-order valence-corrected chi connectivity index (χ4v) is 2.60.